The molecule has 0 radical (unpaired) electrons. The Bertz CT molecular complexity index is 2000. The molecule has 3 amide bonds. The quantitative estimate of drug-likeness (QED) is 0.0943. The number of thioether (sulfide) groups is 2. The second kappa shape index (κ2) is 12.2. The van der Waals surface area contributed by atoms with Crippen molar-refractivity contribution in [3.8, 4) is 11.5 Å². The molecule has 0 saturated carbocycles. The lowest BCUT2D eigenvalue weighted by molar-refractivity contribution is -0.151. The van der Waals surface area contributed by atoms with E-state index in [1.54, 1.807) is 37.4 Å². The van der Waals surface area contributed by atoms with Gasteiger partial charge in [-0.05, 0) is 33.7 Å². The van der Waals surface area contributed by atoms with Gasteiger partial charge in [-0.15, -0.1) is 16.9 Å². The molecule has 1 unspecified atom stereocenters. The summed E-state index contributed by atoms with van der Waals surface area (Å²) in [5.41, 5.74) is -0.950. The first kappa shape index (κ1) is 30.7. The maximum Gasteiger partial charge on any atom is 0.352 e. The molecule has 2 aromatic carbocycles. The summed E-state index contributed by atoms with van der Waals surface area (Å²) in [5.74, 6) is -4.37. The van der Waals surface area contributed by atoms with Gasteiger partial charge in [0.15, 0.2) is 11.3 Å². The molecule has 1 saturated heterocycles. The van der Waals surface area contributed by atoms with Gasteiger partial charge in [-0.1, -0.05) is 42.1 Å². The maximum absolute atomic E-state index is 13.6. The van der Waals surface area contributed by atoms with E-state index < -0.39 is 63.6 Å². The molecular formula is C28H23N7O9S2. The molecule has 4 heterocycles. The van der Waals surface area contributed by atoms with Crippen molar-refractivity contribution in [3.05, 3.63) is 81.3 Å². The van der Waals surface area contributed by atoms with Crippen LogP contribution in [0.1, 0.15) is 22.0 Å². The Morgan fingerprint density at radius 2 is 1.91 bits per heavy atom. The van der Waals surface area contributed by atoms with E-state index in [1.165, 1.54) is 34.3 Å². The molecule has 5 N–H and O–H groups in total. The van der Waals surface area contributed by atoms with E-state index >= 15 is 0 Å². The number of phenolic OH excluding ortho intramolecular Hbond substituents is 2. The largest absolute Gasteiger partial charge is 0.504 e. The highest BCUT2D eigenvalue weighted by Gasteiger charge is 2.54. The van der Waals surface area contributed by atoms with Crippen LogP contribution in [-0.4, -0.2) is 87.0 Å². The molecule has 0 spiro atoms. The maximum atomic E-state index is 13.6. The minimum Gasteiger partial charge on any atom is -0.504 e. The number of carbonyl (C=O) groups is 4. The fraction of sp³-hybridized carbons (Fsp3) is 0.214. The van der Waals surface area contributed by atoms with Gasteiger partial charge in [0.05, 0.1) is 5.39 Å². The summed E-state index contributed by atoms with van der Waals surface area (Å²) in [7, 11) is 1.65. The minimum atomic E-state index is -1.37. The van der Waals surface area contributed by atoms with Crippen molar-refractivity contribution in [2.24, 2.45) is 7.05 Å². The average molecular weight is 666 g/mol. The van der Waals surface area contributed by atoms with Crippen LogP contribution < -0.4 is 16.1 Å². The monoisotopic (exact) mass is 665 g/mol. The van der Waals surface area contributed by atoms with E-state index in [1.807, 2.05) is 0 Å². The third kappa shape index (κ3) is 5.40. The zero-order valence-corrected chi connectivity index (χ0v) is 25.2. The molecule has 3 atom stereocenters. The second-order valence-corrected chi connectivity index (χ2v) is 12.2. The number of aromatic hydroxyl groups is 2. The Balaban J connectivity index is 1.22. The van der Waals surface area contributed by atoms with Gasteiger partial charge in [-0.3, -0.25) is 24.1 Å². The van der Waals surface area contributed by atoms with Crippen molar-refractivity contribution in [2.45, 2.75) is 22.6 Å². The summed E-state index contributed by atoms with van der Waals surface area (Å²) in [4.78, 5) is 66.7. The number of β-lactam (4-membered cyclic amide) rings is 1. The van der Waals surface area contributed by atoms with Gasteiger partial charge in [0.1, 0.15) is 35.0 Å². The van der Waals surface area contributed by atoms with Gasteiger partial charge < -0.3 is 30.4 Å². The van der Waals surface area contributed by atoms with Gasteiger partial charge >= 0.3 is 5.97 Å². The predicted octanol–water partition coefficient (Wildman–Crippen LogP) is 0.730. The number of tetrazole rings is 1. The van der Waals surface area contributed by atoms with Crippen LogP contribution in [0, 0.1) is 0 Å². The molecule has 46 heavy (non-hydrogen) atoms. The van der Waals surface area contributed by atoms with Crippen molar-refractivity contribution in [3.63, 3.8) is 0 Å². The topological polar surface area (TPSA) is 230 Å². The van der Waals surface area contributed by atoms with E-state index in [0.717, 1.165) is 17.2 Å². The fourth-order valence-electron chi connectivity index (χ4n) is 5.01. The van der Waals surface area contributed by atoms with E-state index in [-0.39, 0.29) is 28.2 Å². The molecule has 18 heteroatoms. The zero-order chi connectivity index (χ0) is 32.7. The lowest BCUT2D eigenvalue weighted by Crippen LogP contribution is -2.71. The molecule has 0 bridgehead atoms. The standard InChI is InChI=1S/C28H23N7O9S2/c1-34-28(31-32-33-34)46-11-13-10-45-26-18(25(41)35(26)19(13)27(42)43)30-24(40)17(12-5-3-2-4-6-12)29-23(39)15-9-44-22-14(20(15)37)7-8-16(36)21(22)38/h2-9,17-18,26,36,38H,10-11H2,1H3,(H,29,39)(H,30,40)(H,42,43)/t17?,18-,26+/m1/s1. The lowest BCUT2D eigenvalue weighted by atomic mass is 10.0. The Kier molecular flexibility index (Phi) is 8.13. The number of phenols is 2. The first-order valence-corrected chi connectivity index (χ1v) is 15.5. The van der Waals surface area contributed by atoms with Crippen LogP contribution in [0.25, 0.3) is 11.0 Å². The smallest absolute Gasteiger partial charge is 0.352 e. The van der Waals surface area contributed by atoms with Crippen molar-refractivity contribution in [1.82, 2.24) is 35.7 Å². The molecule has 2 aliphatic rings. The number of aryl methyl sites for hydroxylation is 1. The van der Waals surface area contributed by atoms with Gasteiger partial charge in [0.2, 0.25) is 22.2 Å². The molecule has 236 valence electrons. The van der Waals surface area contributed by atoms with Crippen LogP contribution in [0.15, 0.2) is 74.4 Å². The number of aromatic nitrogens is 4. The number of rotatable bonds is 9. The minimum absolute atomic E-state index is 0.169. The summed E-state index contributed by atoms with van der Waals surface area (Å²) in [5, 5.41) is 45.6. The highest BCUT2D eigenvalue weighted by atomic mass is 32.2. The molecule has 4 aromatic rings. The molecule has 1 fully saturated rings. The van der Waals surface area contributed by atoms with Gasteiger partial charge in [-0.2, -0.15) is 0 Å². The number of nitrogens with one attached hydrogen (secondary N) is 2. The zero-order valence-electron chi connectivity index (χ0n) is 23.6. The third-order valence-corrected chi connectivity index (χ3v) is 9.75. The number of benzene rings is 2. The number of hydrogen-bond acceptors (Lipinski definition) is 13. The van der Waals surface area contributed by atoms with Crippen LogP contribution >= 0.6 is 23.5 Å². The van der Waals surface area contributed by atoms with E-state index in [2.05, 4.69) is 26.2 Å². The Hall–Kier alpha value is -5.36. The van der Waals surface area contributed by atoms with Crippen LogP contribution in [0.5, 0.6) is 11.5 Å². The number of carboxylic acids is 1. The van der Waals surface area contributed by atoms with Crippen molar-refractivity contribution < 1.29 is 38.9 Å². The van der Waals surface area contributed by atoms with Crippen LogP contribution in [0.3, 0.4) is 0 Å². The SMILES string of the molecule is Cn1nnnc1SCC1=C(C(=O)O)N2C(=O)[C@@H](NC(=O)C(NC(=O)c3coc4c(O)c(O)ccc4c3=O)c3ccccc3)[C@@H]2SC1. The van der Waals surface area contributed by atoms with Crippen LogP contribution in [0.2, 0.25) is 0 Å². The van der Waals surface area contributed by atoms with E-state index in [4.69, 9.17) is 4.42 Å². The highest BCUT2D eigenvalue weighted by Crippen LogP contribution is 2.41. The molecule has 16 nitrogen and oxygen atoms in total. The molecule has 2 aromatic heterocycles. The summed E-state index contributed by atoms with van der Waals surface area (Å²) >= 11 is 2.50. The number of nitrogens with zero attached hydrogens (tertiary/aromatic N) is 5. The third-order valence-electron chi connectivity index (χ3n) is 7.31. The van der Waals surface area contributed by atoms with Crippen molar-refractivity contribution >= 4 is 58.2 Å². The Morgan fingerprint density at radius 3 is 2.61 bits per heavy atom. The summed E-state index contributed by atoms with van der Waals surface area (Å²) in [6.07, 6.45) is 0.807. The van der Waals surface area contributed by atoms with E-state index in [9.17, 15) is 39.3 Å². The average Bonchev–Trinajstić information content (AvgIpc) is 3.47. The van der Waals surface area contributed by atoms with E-state index in [0.29, 0.717) is 16.3 Å². The first-order chi connectivity index (χ1) is 22.1. The van der Waals surface area contributed by atoms with Crippen molar-refractivity contribution in [1.29, 1.82) is 0 Å². The second-order valence-electron chi connectivity index (χ2n) is 10.1. The van der Waals surface area contributed by atoms with Gasteiger partial charge in [0.25, 0.3) is 11.8 Å². The summed E-state index contributed by atoms with van der Waals surface area (Å²) < 4.78 is 6.70. The number of fused-ring (bicyclic) bond motifs is 2. The van der Waals surface area contributed by atoms with Crippen molar-refractivity contribution in [2.75, 3.05) is 11.5 Å². The molecular weight excluding hydrogens is 642 g/mol. The first-order valence-electron chi connectivity index (χ1n) is 13.4. The normalized spacial score (nSPS) is 18.1. The summed E-state index contributed by atoms with van der Waals surface area (Å²) in [6, 6.07) is 7.90. The van der Waals surface area contributed by atoms with Crippen LogP contribution in [0.4, 0.5) is 0 Å². The fourth-order valence-corrected chi connectivity index (χ4v) is 7.35. The number of amides is 3. The van der Waals surface area contributed by atoms with Gasteiger partial charge in [-0.25, -0.2) is 9.48 Å². The van der Waals surface area contributed by atoms with Crippen LogP contribution in [-0.2, 0) is 21.4 Å². The number of carbonyl (C=O) groups excluding carboxylic acids is 3. The Morgan fingerprint density at radius 1 is 1.15 bits per heavy atom. The molecule has 6 rings (SSSR count). The summed E-state index contributed by atoms with van der Waals surface area (Å²) in [6.45, 7) is 0. The number of hydrogen-bond donors (Lipinski definition) is 5. The van der Waals surface area contributed by atoms with Gasteiger partial charge in [0, 0.05) is 18.6 Å². The predicted molar refractivity (Wildman–Crippen MR) is 162 cm³/mol. The molecule has 2 aliphatic heterocycles. The highest BCUT2D eigenvalue weighted by molar-refractivity contribution is 8.01. The number of aliphatic carboxylic acids is 1. The lowest BCUT2D eigenvalue weighted by Gasteiger charge is -2.49. The Labute approximate surface area is 266 Å². The molecule has 0 aliphatic carbocycles. The number of carboxylic acid groups (broad SMARTS) is 1.